The summed E-state index contributed by atoms with van der Waals surface area (Å²) in [6.45, 7) is 2.25. The molecule has 0 fully saturated rings. The monoisotopic (exact) mass is 333 g/mol. The van der Waals surface area contributed by atoms with Crippen molar-refractivity contribution < 1.29 is 5.11 Å². The molecule has 0 heterocycles. The van der Waals surface area contributed by atoms with E-state index in [1.807, 2.05) is 30.3 Å². The molecule has 0 bridgehead atoms. The molecule has 0 saturated heterocycles. The molecule has 0 aromatic heterocycles. The zero-order valence-corrected chi connectivity index (χ0v) is 13.2. The Morgan fingerprint density at radius 3 is 2.50 bits per heavy atom. The van der Waals surface area contributed by atoms with Gasteiger partial charge in [-0.15, -0.1) is 0 Å². The summed E-state index contributed by atoms with van der Waals surface area (Å²) in [5.41, 5.74) is 2.45. The van der Waals surface area contributed by atoms with Gasteiger partial charge in [0.15, 0.2) is 0 Å². The maximum Gasteiger partial charge on any atom is 0.0588 e. The average molecular weight is 334 g/mol. The molecule has 0 aliphatic carbocycles. The van der Waals surface area contributed by atoms with E-state index in [2.05, 4.69) is 52.4 Å². The minimum absolute atomic E-state index is 0.0615. The van der Waals surface area contributed by atoms with Crippen molar-refractivity contribution in [3.05, 3.63) is 70.2 Å². The van der Waals surface area contributed by atoms with Crippen LogP contribution in [-0.2, 0) is 6.42 Å². The van der Waals surface area contributed by atoms with Crippen LogP contribution in [0.5, 0.6) is 0 Å². The normalized spacial score (nSPS) is 13.9. The van der Waals surface area contributed by atoms with Gasteiger partial charge >= 0.3 is 0 Å². The number of hydrogen-bond acceptors (Lipinski definition) is 2. The first-order valence-electron chi connectivity index (χ1n) is 6.85. The summed E-state index contributed by atoms with van der Waals surface area (Å²) >= 11 is 3.49. The molecule has 0 aliphatic rings. The van der Waals surface area contributed by atoms with Crippen molar-refractivity contribution in [3.8, 4) is 0 Å². The Labute approximate surface area is 129 Å². The summed E-state index contributed by atoms with van der Waals surface area (Å²) < 4.78 is 1.08. The van der Waals surface area contributed by atoms with E-state index in [0.29, 0.717) is 0 Å². The van der Waals surface area contributed by atoms with Gasteiger partial charge in [0.2, 0.25) is 0 Å². The fourth-order valence-corrected chi connectivity index (χ4v) is 2.72. The number of rotatable bonds is 6. The van der Waals surface area contributed by atoms with E-state index in [0.717, 1.165) is 10.9 Å². The van der Waals surface area contributed by atoms with Gasteiger partial charge in [-0.1, -0.05) is 58.4 Å². The van der Waals surface area contributed by atoms with Gasteiger partial charge < -0.3 is 10.4 Å². The highest BCUT2D eigenvalue weighted by molar-refractivity contribution is 9.10. The predicted molar refractivity (Wildman–Crippen MR) is 86.7 cm³/mol. The number of halogens is 1. The van der Waals surface area contributed by atoms with Crippen molar-refractivity contribution in [1.29, 1.82) is 0 Å². The van der Waals surface area contributed by atoms with Crippen LogP contribution in [-0.4, -0.2) is 17.8 Å². The Bertz CT molecular complexity index is 530. The van der Waals surface area contributed by atoms with E-state index >= 15 is 0 Å². The molecule has 0 spiro atoms. The molecule has 0 aliphatic heterocycles. The van der Waals surface area contributed by atoms with Crippen LogP contribution >= 0.6 is 15.9 Å². The van der Waals surface area contributed by atoms with Crippen LogP contribution in [0, 0.1) is 0 Å². The Morgan fingerprint density at radius 2 is 1.85 bits per heavy atom. The molecule has 0 saturated carbocycles. The summed E-state index contributed by atoms with van der Waals surface area (Å²) in [6.07, 6.45) is 0.829. The molecule has 2 nitrogen and oxygen atoms in total. The van der Waals surface area contributed by atoms with E-state index in [4.69, 9.17) is 0 Å². The Balaban J connectivity index is 1.99. The number of aliphatic hydroxyl groups excluding tert-OH is 1. The largest absolute Gasteiger partial charge is 0.395 e. The van der Waals surface area contributed by atoms with Crippen molar-refractivity contribution in [2.75, 3.05) is 6.61 Å². The minimum atomic E-state index is 0.0615. The van der Waals surface area contributed by atoms with Gasteiger partial charge in [-0.05, 0) is 36.6 Å². The van der Waals surface area contributed by atoms with Gasteiger partial charge in [0.25, 0.3) is 0 Å². The third-order valence-corrected chi connectivity index (χ3v) is 3.87. The van der Waals surface area contributed by atoms with Crippen molar-refractivity contribution in [1.82, 2.24) is 5.32 Å². The quantitative estimate of drug-likeness (QED) is 0.844. The molecular formula is C17H20BrNO. The number of hydrogen-bond donors (Lipinski definition) is 2. The molecule has 2 aromatic carbocycles. The highest BCUT2D eigenvalue weighted by Gasteiger charge is 2.13. The van der Waals surface area contributed by atoms with Crippen LogP contribution in [0.1, 0.15) is 24.1 Å². The molecule has 3 heteroatoms. The van der Waals surface area contributed by atoms with E-state index in [-0.39, 0.29) is 18.7 Å². The molecule has 2 atom stereocenters. The summed E-state index contributed by atoms with van der Waals surface area (Å²) in [7, 11) is 0. The van der Waals surface area contributed by atoms with Crippen molar-refractivity contribution >= 4 is 15.9 Å². The maximum atomic E-state index is 9.57. The predicted octanol–water partition coefficient (Wildman–Crippen LogP) is 3.70. The van der Waals surface area contributed by atoms with Gasteiger partial charge in [-0.3, -0.25) is 0 Å². The smallest absolute Gasteiger partial charge is 0.0588 e. The van der Waals surface area contributed by atoms with Crippen LogP contribution < -0.4 is 5.32 Å². The van der Waals surface area contributed by atoms with Gasteiger partial charge in [0.1, 0.15) is 0 Å². The molecule has 2 aromatic rings. The standard InChI is InChI=1S/C17H20BrNO/c1-13(15-8-5-9-16(18)11-15)19-17(12-20)10-14-6-3-2-4-7-14/h2-9,11,13,17,19-20H,10,12H2,1H3/t13?,17-/m0/s1. The van der Waals surface area contributed by atoms with Gasteiger partial charge in [-0.25, -0.2) is 0 Å². The second-order valence-electron chi connectivity index (χ2n) is 5.01. The van der Waals surface area contributed by atoms with E-state index < -0.39 is 0 Å². The van der Waals surface area contributed by atoms with Gasteiger partial charge in [-0.2, -0.15) is 0 Å². The van der Waals surface area contributed by atoms with Crippen molar-refractivity contribution in [2.24, 2.45) is 0 Å². The van der Waals surface area contributed by atoms with Crippen molar-refractivity contribution in [3.63, 3.8) is 0 Å². The van der Waals surface area contributed by atoms with Crippen LogP contribution in [0.3, 0.4) is 0 Å². The SMILES string of the molecule is CC(N[C@H](CO)Cc1ccccc1)c1cccc(Br)c1. The van der Waals surface area contributed by atoms with Crippen LogP contribution in [0.25, 0.3) is 0 Å². The molecule has 0 amide bonds. The first-order chi connectivity index (χ1) is 9.69. The third-order valence-electron chi connectivity index (χ3n) is 3.38. The fraction of sp³-hybridized carbons (Fsp3) is 0.294. The van der Waals surface area contributed by atoms with E-state index in [9.17, 15) is 5.11 Å². The van der Waals surface area contributed by atoms with E-state index in [1.54, 1.807) is 0 Å². The number of aliphatic hydroxyl groups is 1. The lowest BCUT2D eigenvalue weighted by atomic mass is 10.0. The second-order valence-corrected chi connectivity index (χ2v) is 5.93. The van der Waals surface area contributed by atoms with Gasteiger partial charge in [0, 0.05) is 16.6 Å². The maximum absolute atomic E-state index is 9.57. The topological polar surface area (TPSA) is 32.3 Å². The molecule has 2 N–H and O–H groups in total. The summed E-state index contributed by atoms with van der Waals surface area (Å²) in [6, 6.07) is 18.8. The zero-order valence-electron chi connectivity index (χ0n) is 11.6. The molecule has 2 rings (SSSR count). The lowest BCUT2D eigenvalue weighted by Gasteiger charge is -2.22. The zero-order chi connectivity index (χ0) is 14.4. The van der Waals surface area contributed by atoms with Crippen LogP contribution in [0.2, 0.25) is 0 Å². The average Bonchev–Trinajstić information content (AvgIpc) is 2.47. The highest BCUT2D eigenvalue weighted by Crippen LogP contribution is 2.18. The third kappa shape index (κ3) is 4.44. The second kappa shape index (κ2) is 7.58. The Morgan fingerprint density at radius 1 is 1.10 bits per heavy atom. The highest BCUT2D eigenvalue weighted by atomic mass is 79.9. The first-order valence-corrected chi connectivity index (χ1v) is 7.64. The summed E-state index contributed by atoms with van der Waals surface area (Å²) in [5, 5.41) is 13.1. The van der Waals surface area contributed by atoms with Gasteiger partial charge in [0.05, 0.1) is 6.61 Å². The Hall–Kier alpha value is -1.16. The lowest BCUT2D eigenvalue weighted by Crippen LogP contribution is -2.36. The molecular weight excluding hydrogens is 314 g/mol. The lowest BCUT2D eigenvalue weighted by molar-refractivity contribution is 0.232. The fourth-order valence-electron chi connectivity index (χ4n) is 2.30. The Kier molecular flexibility index (Phi) is 5.77. The van der Waals surface area contributed by atoms with E-state index in [1.165, 1.54) is 11.1 Å². The summed E-state index contributed by atoms with van der Waals surface area (Å²) in [4.78, 5) is 0. The molecule has 106 valence electrons. The van der Waals surface area contributed by atoms with Crippen molar-refractivity contribution in [2.45, 2.75) is 25.4 Å². The minimum Gasteiger partial charge on any atom is -0.395 e. The molecule has 20 heavy (non-hydrogen) atoms. The summed E-state index contributed by atoms with van der Waals surface area (Å²) in [5.74, 6) is 0. The van der Waals surface area contributed by atoms with Crippen LogP contribution in [0.15, 0.2) is 59.1 Å². The van der Waals surface area contributed by atoms with Crippen LogP contribution in [0.4, 0.5) is 0 Å². The first kappa shape index (κ1) is 15.2. The number of nitrogens with one attached hydrogen (secondary N) is 1. The number of benzene rings is 2. The molecule has 1 unspecified atom stereocenters. The molecule has 0 radical (unpaired) electrons.